The Labute approximate surface area is 162 Å². The van der Waals surface area contributed by atoms with Gasteiger partial charge in [0.1, 0.15) is 17.3 Å². The van der Waals surface area contributed by atoms with Crippen LogP contribution in [0.1, 0.15) is 18.2 Å². The van der Waals surface area contributed by atoms with Crippen LogP contribution in [0.5, 0.6) is 11.5 Å². The van der Waals surface area contributed by atoms with Crippen molar-refractivity contribution in [2.24, 2.45) is 0 Å². The third-order valence-electron chi connectivity index (χ3n) is 4.54. The molecule has 1 aromatic heterocycles. The van der Waals surface area contributed by atoms with E-state index in [1.807, 2.05) is 0 Å². The average Bonchev–Trinajstić information content (AvgIpc) is 3.30. The highest BCUT2D eigenvalue weighted by Crippen LogP contribution is 2.35. The molecule has 0 spiro atoms. The molecule has 7 nitrogen and oxygen atoms in total. The predicted molar refractivity (Wildman–Crippen MR) is 101 cm³/mol. The van der Waals surface area contributed by atoms with Crippen LogP contribution in [0, 0.1) is 0 Å². The zero-order valence-corrected chi connectivity index (χ0v) is 16.1. The van der Waals surface area contributed by atoms with Crippen molar-refractivity contribution in [1.82, 2.24) is 4.90 Å². The minimum absolute atomic E-state index is 0.218. The van der Waals surface area contributed by atoms with Gasteiger partial charge in [0, 0.05) is 17.3 Å². The van der Waals surface area contributed by atoms with E-state index in [1.54, 1.807) is 50.4 Å². The van der Waals surface area contributed by atoms with Crippen LogP contribution >= 0.6 is 0 Å². The van der Waals surface area contributed by atoms with Crippen LogP contribution in [-0.4, -0.2) is 38.1 Å². The molecule has 0 aliphatic carbocycles. The summed E-state index contributed by atoms with van der Waals surface area (Å²) in [6.07, 6.45) is 3.16. The lowest BCUT2D eigenvalue weighted by Gasteiger charge is -2.16. The van der Waals surface area contributed by atoms with E-state index in [2.05, 4.69) is 0 Å². The molecule has 1 aromatic carbocycles. The van der Waals surface area contributed by atoms with Crippen molar-refractivity contribution in [3.63, 3.8) is 0 Å². The van der Waals surface area contributed by atoms with Crippen molar-refractivity contribution >= 4 is 18.0 Å². The standard InChI is InChI=1S/C21H21NO6/c1-13-19(21(24)27-4)17(20(23)22(13)12-16-6-5-9-28-16)10-14-7-8-15(25-2)11-18(14)26-3/h5-11H,12H2,1-4H3/b17-10-. The summed E-state index contributed by atoms with van der Waals surface area (Å²) in [5.41, 5.74) is 1.60. The van der Waals surface area contributed by atoms with Crippen LogP contribution in [0.2, 0.25) is 0 Å². The fourth-order valence-corrected chi connectivity index (χ4v) is 3.07. The number of rotatable bonds is 6. The number of furan rings is 1. The van der Waals surface area contributed by atoms with Gasteiger partial charge in [0.05, 0.1) is 45.3 Å². The van der Waals surface area contributed by atoms with E-state index in [1.165, 1.54) is 25.4 Å². The molecule has 0 atom stereocenters. The van der Waals surface area contributed by atoms with Crippen LogP contribution in [0.25, 0.3) is 6.08 Å². The van der Waals surface area contributed by atoms with Crippen LogP contribution in [0.3, 0.4) is 0 Å². The molecule has 0 N–H and O–H groups in total. The molecule has 2 aromatic rings. The van der Waals surface area contributed by atoms with Crippen molar-refractivity contribution < 1.29 is 28.2 Å². The number of methoxy groups -OCH3 is 3. The highest BCUT2D eigenvalue weighted by molar-refractivity contribution is 6.16. The molecular weight excluding hydrogens is 362 g/mol. The number of ether oxygens (including phenoxy) is 3. The SMILES string of the molecule is COC(=O)C1=C(C)N(Cc2ccco2)C(=O)/C1=C\c1ccc(OC)cc1OC. The number of benzene rings is 1. The fraction of sp³-hybridized carbons (Fsp3) is 0.238. The van der Waals surface area contributed by atoms with Gasteiger partial charge in [0.15, 0.2) is 0 Å². The van der Waals surface area contributed by atoms with Crippen LogP contribution < -0.4 is 9.47 Å². The Morgan fingerprint density at radius 2 is 1.96 bits per heavy atom. The first-order chi connectivity index (χ1) is 13.5. The number of esters is 1. The summed E-state index contributed by atoms with van der Waals surface area (Å²) in [4.78, 5) is 27.0. The molecule has 0 bridgehead atoms. The van der Waals surface area contributed by atoms with Gasteiger partial charge < -0.3 is 23.5 Å². The number of allylic oxidation sites excluding steroid dienone is 1. The van der Waals surface area contributed by atoms with Crippen molar-refractivity contribution in [1.29, 1.82) is 0 Å². The monoisotopic (exact) mass is 383 g/mol. The molecule has 0 unspecified atom stereocenters. The van der Waals surface area contributed by atoms with E-state index in [4.69, 9.17) is 18.6 Å². The van der Waals surface area contributed by atoms with Crippen LogP contribution in [-0.2, 0) is 20.9 Å². The first kappa shape index (κ1) is 19.3. The molecule has 28 heavy (non-hydrogen) atoms. The third-order valence-corrected chi connectivity index (χ3v) is 4.54. The Balaban J connectivity index is 2.07. The highest BCUT2D eigenvalue weighted by Gasteiger charge is 2.37. The number of carbonyl (C=O) groups is 2. The maximum Gasteiger partial charge on any atom is 0.340 e. The summed E-state index contributed by atoms with van der Waals surface area (Å²) in [6.45, 7) is 1.93. The fourth-order valence-electron chi connectivity index (χ4n) is 3.07. The Morgan fingerprint density at radius 1 is 1.18 bits per heavy atom. The first-order valence-electron chi connectivity index (χ1n) is 8.57. The molecule has 7 heteroatoms. The number of hydrogen-bond acceptors (Lipinski definition) is 6. The third kappa shape index (κ3) is 3.51. The second kappa shape index (κ2) is 8.04. The van der Waals surface area contributed by atoms with Gasteiger partial charge >= 0.3 is 5.97 Å². The molecule has 1 aliphatic heterocycles. The number of amides is 1. The minimum atomic E-state index is -0.577. The topological polar surface area (TPSA) is 78.2 Å². The van der Waals surface area contributed by atoms with Gasteiger partial charge in [0.2, 0.25) is 0 Å². The number of nitrogens with zero attached hydrogens (tertiary/aromatic N) is 1. The second-order valence-electron chi connectivity index (χ2n) is 6.09. The van der Waals surface area contributed by atoms with Gasteiger partial charge in [-0.3, -0.25) is 4.79 Å². The predicted octanol–water partition coefficient (Wildman–Crippen LogP) is 3.17. The van der Waals surface area contributed by atoms with Crippen molar-refractivity contribution in [2.75, 3.05) is 21.3 Å². The van der Waals surface area contributed by atoms with Crippen LogP contribution in [0.15, 0.2) is 57.9 Å². The molecule has 0 saturated heterocycles. The summed E-state index contributed by atoms with van der Waals surface area (Å²) >= 11 is 0. The van der Waals surface area contributed by atoms with Gasteiger partial charge in [-0.05, 0) is 37.3 Å². The van der Waals surface area contributed by atoms with E-state index in [0.29, 0.717) is 28.5 Å². The maximum absolute atomic E-state index is 13.1. The van der Waals surface area contributed by atoms with Gasteiger partial charge in [-0.1, -0.05) is 0 Å². The number of hydrogen-bond donors (Lipinski definition) is 0. The Kier molecular flexibility index (Phi) is 5.54. The normalized spacial score (nSPS) is 15.4. The summed E-state index contributed by atoms with van der Waals surface area (Å²) in [6, 6.07) is 8.74. The van der Waals surface area contributed by atoms with Crippen molar-refractivity contribution in [3.05, 3.63) is 64.8 Å². The molecule has 3 rings (SSSR count). The summed E-state index contributed by atoms with van der Waals surface area (Å²) in [7, 11) is 4.37. The zero-order chi connectivity index (χ0) is 20.3. The zero-order valence-electron chi connectivity index (χ0n) is 16.1. The van der Waals surface area contributed by atoms with Crippen molar-refractivity contribution in [3.8, 4) is 11.5 Å². The van der Waals surface area contributed by atoms with Gasteiger partial charge in [-0.15, -0.1) is 0 Å². The second-order valence-corrected chi connectivity index (χ2v) is 6.09. The van der Waals surface area contributed by atoms with E-state index >= 15 is 0 Å². The highest BCUT2D eigenvalue weighted by atomic mass is 16.5. The summed E-state index contributed by atoms with van der Waals surface area (Å²) in [5, 5.41) is 0. The lowest BCUT2D eigenvalue weighted by atomic mass is 10.0. The average molecular weight is 383 g/mol. The van der Waals surface area contributed by atoms with Gasteiger partial charge in [0.25, 0.3) is 5.91 Å². The molecule has 1 aliphatic rings. The molecule has 146 valence electrons. The minimum Gasteiger partial charge on any atom is -0.497 e. The quantitative estimate of drug-likeness (QED) is 0.563. The van der Waals surface area contributed by atoms with Gasteiger partial charge in [-0.2, -0.15) is 0 Å². The molecule has 0 radical (unpaired) electrons. The molecular formula is C21H21NO6. The largest absolute Gasteiger partial charge is 0.497 e. The van der Waals surface area contributed by atoms with Crippen LogP contribution in [0.4, 0.5) is 0 Å². The van der Waals surface area contributed by atoms with E-state index in [-0.39, 0.29) is 23.6 Å². The Morgan fingerprint density at radius 3 is 2.57 bits per heavy atom. The molecule has 0 saturated carbocycles. The van der Waals surface area contributed by atoms with Gasteiger partial charge in [-0.25, -0.2) is 4.79 Å². The van der Waals surface area contributed by atoms with E-state index in [9.17, 15) is 9.59 Å². The molecule has 0 fully saturated rings. The molecule has 1 amide bonds. The first-order valence-corrected chi connectivity index (χ1v) is 8.57. The smallest absolute Gasteiger partial charge is 0.340 e. The summed E-state index contributed by atoms with van der Waals surface area (Å²) < 4.78 is 20.9. The Hall–Kier alpha value is -3.48. The molecule has 2 heterocycles. The number of carbonyl (C=O) groups excluding carboxylic acids is 2. The van der Waals surface area contributed by atoms with E-state index in [0.717, 1.165) is 0 Å². The Bertz CT molecular complexity index is 955. The summed E-state index contributed by atoms with van der Waals surface area (Å²) in [5.74, 6) is 0.862. The lowest BCUT2D eigenvalue weighted by molar-refractivity contribution is -0.136. The lowest BCUT2D eigenvalue weighted by Crippen LogP contribution is -2.24. The van der Waals surface area contributed by atoms with Crippen molar-refractivity contribution in [2.45, 2.75) is 13.5 Å². The maximum atomic E-state index is 13.1. The van der Waals surface area contributed by atoms with E-state index < -0.39 is 5.97 Å².